The quantitative estimate of drug-likeness (QED) is 0.666. The van der Waals surface area contributed by atoms with E-state index in [2.05, 4.69) is 10.3 Å². The second kappa shape index (κ2) is 7.34. The van der Waals surface area contributed by atoms with Crippen LogP contribution in [0.3, 0.4) is 0 Å². The second-order valence-corrected chi connectivity index (χ2v) is 7.20. The van der Waals surface area contributed by atoms with Crippen LogP contribution in [-0.4, -0.2) is 21.8 Å². The molecule has 28 heavy (non-hydrogen) atoms. The summed E-state index contributed by atoms with van der Waals surface area (Å²) < 4.78 is 54.0. The van der Waals surface area contributed by atoms with Crippen molar-refractivity contribution >= 4 is 22.2 Å². The topological polar surface area (TPSA) is 63.5 Å². The van der Waals surface area contributed by atoms with Gasteiger partial charge in [0, 0.05) is 23.9 Å². The van der Waals surface area contributed by atoms with E-state index >= 15 is 0 Å². The molecule has 0 unspecified atom stereocenters. The molecule has 0 aliphatic heterocycles. The molecule has 10 heteroatoms. The maximum absolute atomic E-state index is 14.2. The Morgan fingerprint density at radius 2 is 2.04 bits per heavy atom. The van der Waals surface area contributed by atoms with Gasteiger partial charge >= 0.3 is 6.18 Å². The lowest BCUT2D eigenvalue weighted by atomic mass is 10.0. The minimum Gasteiger partial charge on any atom is -0.351 e. The van der Waals surface area contributed by atoms with Gasteiger partial charge in [-0.2, -0.15) is 13.2 Å². The van der Waals surface area contributed by atoms with E-state index in [1.807, 2.05) is 0 Å². The second-order valence-electron chi connectivity index (χ2n) is 6.02. The fourth-order valence-electron chi connectivity index (χ4n) is 2.85. The normalized spacial score (nSPS) is 11.8. The van der Waals surface area contributed by atoms with E-state index in [9.17, 15) is 27.2 Å². The Morgan fingerprint density at radius 1 is 1.32 bits per heavy atom. The van der Waals surface area contributed by atoms with E-state index in [0.29, 0.717) is 17.5 Å². The summed E-state index contributed by atoms with van der Waals surface area (Å²) >= 11 is 1.10. The molecule has 0 saturated carbocycles. The number of nitrogens with zero attached hydrogens (tertiary/aromatic N) is 2. The van der Waals surface area contributed by atoms with Gasteiger partial charge in [0.05, 0.1) is 11.3 Å². The largest absolute Gasteiger partial charge is 0.419 e. The third-order valence-corrected chi connectivity index (χ3v) is 5.01. The molecule has 0 bridgehead atoms. The fraction of sp³-hybridized carbons (Fsp3) is 0.278. The van der Waals surface area contributed by atoms with E-state index < -0.39 is 29.0 Å². The maximum atomic E-state index is 14.2. The third-order valence-electron chi connectivity index (χ3n) is 4.05. The highest BCUT2D eigenvalue weighted by Crippen LogP contribution is 2.32. The molecule has 1 N–H and O–H groups in total. The first kappa shape index (κ1) is 20.0. The third kappa shape index (κ3) is 3.64. The molecule has 2 heterocycles. The summed E-state index contributed by atoms with van der Waals surface area (Å²) in [6, 6.07) is 4.08. The number of alkyl halides is 3. The van der Waals surface area contributed by atoms with Crippen LogP contribution in [0.1, 0.15) is 39.1 Å². The van der Waals surface area contributed by atoms with Gasteiger partial charge in [-0.3, -0.25) is 9.59 Å². The van der Waals surface area contributed by atoms with Crippen molar-refractivity contribution in [2.75, 3.05) is 6.54 Å². The molecule has 3 rings (SSSR count). The van der Waals surface area contributed by atoms with Crippen molar-refractivity contribution in [2.45, 2.75) is 26.4 Å². The van der Waals surface area contributed by atoms with Crippen LogP contribution in [0.4, 0.5) is 17.6 Å². The average molecular weight is 413 g/mol. The first-order valence-corrected chi connectivity index (χ1v) is 9.10. The van der Waals surface area contributed by atoms with Gasteiger partial charge < -0.3 is 5.32 Å². The zero-order chi connectivity index (χ0) is 20.6. The minimum atomic E-state index is -4.82. The number of amides is 1. The summed E-state index contributed by atoms with van der Waals surface area (Å²) in [5.74, 6) is -1.81. The average Bonchev–Trinajstić information content (AvgIpc) is 2.92. The molecule has 0 saturated heterocycles. The number of aryl methyl sites for hydroxylation is 1. The van der Waals surface area contributed by atoms with Gasteiger partial charge in [-0.1, -0.05) is 12.1 Å². The van der Waals surface area contributed by atoms with Gasteiger partial charge in [0.15, 0.2) is 4.96 Å². The number of fused-ring (bicyclic) bond motifs is 1. The smallest absolute Gasteiger partial charge is 0.351 e. The minimum absolute atomic E-state index is 0.118. The van der Waals surface area contributed by atoms with Gasteiger partial charge in [0.1, 0.15) is 11.5 Å². The summed E-state index contributed by atoms with van der Waals surface area (Å²) in [7, 11) is 0. The summed E-state index contributed by atoms with van der Waals surface area (Å²) in [4.78, 5) is 29.7. The van der Waals surface area contributed by atoms with Crippen molar-refractivity contribution in [1.29, 1.82) is 0 Å². The summed E-state index contributed by atoms with van der Waals surface area (Å²) in [6.45, 7) is 3.78. The number of halogens is 4. The van der Waals surface area contributed by atoms with Crippen LogP contribution in [0, 0.1) is 12.7 Å². The Bertz CT molecular complexity index is 1120. The number of carbonyl (C=O) groups is 1. The summed E-state index contributed by atoms with van der Waals surface area (Å²) in [5, 5.41) is 2.61. The maximum Gasteiger partial charge on any atom is 0.419 e. The molecule has 0 spiro atoms. The van der Waals surface area contributed by atoms with Gasteiger partial charge in [-0.25, -0.2) is 13.8 Å². The Labute approximate surface area is 160 Å². The highest BCUT2D eigenvalue weighted by molar-refractivity contribution is 7.17. The highest BCUT2D eigenvalue weighted by Gasteiger charge is 2.34. The lowest BCUT2D eigenvalue weighted by Crippen LogP contribution is -2.28. The Balaban J connectivity index is 2.06. The SMILES string of the molecule is CCNC(=O)c1c(C)sc2nc(Cc3cccc(C(F)(F)F)c3F)cc(=O)n12. The van der Waals surface area contributed by atoms with Crippen molar-refractivity contribution < 1.29 is 22.4 Å². The number of benzene rings is 1. The van der Waals surface area contributed by atoms with E-state index in [0.717, 1.165) is 27.9 Å². The van der Waals surface area contributed by atoms with Crippen LogP contribution in [0.25, 0.3) is 4.96 Å². The van der Waals surface area contributed by atoms with Crippen molar-refractivity contribution in [3.05, 3.63) is 67.8 Å². The molecule has 0 aliphatic carbocycles. The Hall–Kier alpha value is -2.75. The van der Waals surface area contributed by atoms with Gasteiger partial charge in [0.2, 0.25) is 0 Å². The molecule has 1 amide bonds. The molecule has 1 aromatic carbocycles. The van der Waals surface area contributed by atoms with Crippen LogP contribution in [0.15, 0.2) is 29.1 Å². The number of carbonyl (C=O) groups excluding carboxylic acids is 1. The molecular weight excluding hydrogens is 398 g/mol. The monoisotopic (exact) mass is 413 g/mol. The van der Waals surface area contributed by atoms with Crippen LogP contribution >= 0.6 is 11.3 Å². The van der Waals surface area contributed by atoms with Crippen LogP contribution in [0.5, 0.6) is 0 Å². The molecule has 148 valence electrons. The summed E-state index contributed by atoms with van der Waals surface area (Å²) in [6.07, 6.45) is -5.10. The number of rotatable bonds is 4. The number of aromatic nitrogens is 2. The molecule has 2 aromatic heterocycles. The van der Waals surface area contributed by atoms with Crippen LogP contribution < -0.4 is 10.9 Å². The first-order valence-electron chi connectivity index (χ1n) is 8.28. The lowest BCUT2D eigenvalue weighted by Gasteiger charge is -2.11. The zero-order valence-corrected chi connectivity index (χ0v) is 15.7. The van der Waals surface area contributed by atoms with Crippen molar-refractivity contribution in [1.82, 2.24) is 14.7 Å². The van der Waals surface area contributed by atoms with Gasteiger partial charge in [-0.15, -0.1) is 11.3 Å². The first-order chi connectivity index (χ1) is 13.1. The van der Waals surface area contributed by atoms with Crippen LogP contribution in [-0.2, 0) is 12.6 Å². The molecule has 5 nitrogen and oxygen atoms in total. The zero-order valence-electron chi connectivity index (χ0n) is 14.9. The van der Waals surface area contributed by atoms with Gasteiger partial charge in [0.25, 0.3) is 11.5 Å². The van der Waals surface area contributed by atoms with E-state index in [1.54, 1.807) is 13.8 Å². The fourth-order valence-corrected chi connectivity index (χ4v) is 3.84. The van der Waals surface area contributed by atoms with E-state index in [-0.39, 0.29) is 28.3 Å². The van der Waals surface area contributed by atoms with E-state index in [1.165, 1.54) is 6.07 Å². The lowest BCUT2D eigenvalue weighted by molar-refractivity contribution is -0.140. The van der Waals surface area contributed by atoms with Crippen LogP contribution in [0.2, 0.25) is 0 Å². The number of hydrogen-bond donors (Lipinski definition) is 1. The summed E-state index contributed by atoms with van der Waals surface area (Å²) in [5.41, 5.74) is -1.86. The molecule has 0 fully saturated rings. The number of nitrogens with one attached hydrogen (secondary N) is 1. The predicted molar refractivity (Wildman–Crippen MR) is 96.3 cm³/mol. The predicted octanol–water partition coefficient (Wildman–Crippen LogP) is 3.56. The van der Waals surface area contributed by atoms with Crippen molar-refractivity contribution in [3.63, 3.8) is 0 Å². The Morgan fingerprint density at radius 3 is 2.68 bits per heavy atom. The van der Waals surface area contributed by atoms with Crippen molar-refractivity contribution in [3.8, 4) is 0 Å². The van der Waals surface area contributed by atoms with Gasteiger partial charge in [-0.05, 0) is 25.5 Å². The molecular formula is C18H15F4N3O2S. The van der Waals surface area contributed by atoms with Crippen molar-refractivity contribution in [2.24, 2.45) is 0 Å². The van der Waals surface area contributed by atoms with E-state index in [4.69, 9.17) is 0 Å². The standard InChI is InChI=1S/C18H15F4N3O2S/c1-3-23-16(27)15-9(2)28-17-24-11(8-13(26)25(15)17)7-10-5-4-6-12(14(10)19)18(20,21)22/h4-6,8H,3,7H2,1-2H3,(H,23,27). The molecule has 3 aromatic rings. The number of thiazole rings is 1. The molecule has 0 radical (unpaired) electrons. The Kier molecular flexibility index (Phi) is 5.24. The number of hydrogen-bond acceptors (Lipinski definition) is 4. The molecule has 0 aliphatic rings. The molecule has 0 atom stereocenters. The highest BCUT2D eigenvalue weighted by atomic mass is 32.1.